The molecule has 2 rings (SSSR count). The molecule has 3 N–H and O–H groups in total. The van der Waals surface area contributed by atoms with Crippen molar-refractivity contribution in [3.63, 3.8) is 0 Å². The Bertz CT molecular complexity index is 563. The Morgan fingerprint density at radius 1 is 1.37 bits per heavy atom. The molecule has 0 aliphatic heterocycles. The molecule has 0 bridgehead atoms. The van der Waals surface area contributed by atoms with Crippen LogP contribution in [-0.2, 0) is 10.0 Å². The fraction of sp³-hybridized carbons (Fsp3) is 0.571. The Labute approximate surface area is 115 Å². The summed E-state index contributed by atoms with van der Waals surface area (Å²) in [6.07, 6.45) is 4.43. The molecule has 106 valence electrons. The van der Waals surface area contributed by atoms with E-state index in [1.165, 1.54) is 6.07 Å². The topological polar surface area (TPSA) is 72.2 Å². The number of nitrogens with two attached hydrogens (primary N) is 1. The van der Waals surface area contributed by atoms with Gasteiger partial charge in [0.05, 0.1) is 4.90 Å². The SMILES string of the molecule is CCCC1(CNS(=O)(=O)c2cc(N)ccc2C)CC1. The van der Waals surface area contributed by atoms with Crippen molar-refractivity contribution in [2.24, 2.45) is 5.41 Å². The summed E-state index contributed by atoms with van der Waals surface area (Å²) in [6.45, 7) is 4.46. The zero-order valence-corrected chi connectivity index (χ0v) is 12.4. The van der Waals surface area contributed by atoms with Gasteiger partial charge >= 0.3 is 0 Å². The largest absolute Gasteiger partial charge is 0.399 e. The molecule has 1 fully saturated rings. The lowest BCUT2D eigenvalue weighted by atomic mass is 10.0. The van der Waals surface area contributed by atoms with Crippen LogP contribution in [0.4, 0.5) is 5.69 Å². The minimum Gasteiger partial charge on any atom is -0.399 e. The van der Waals surface area contributed by atoms with Crippen molar-refractivity contribution < 1.29 is 8.42 Å². The standard InChI is InChI=1S/C14H22N2O2S/c1-3-6-14(7-8-14)10-16-19(17,18)13-9-12(15)5-4-11(13)2/h4-5,9,16H,3,6-8,10,15H2,1-2H3. The lowest BCUT2D eigenvalue weighted by Crippen LogP contribution is -2.30. The molecule has 1 saturated carbocycles. The lowest BCUT2D eigenvalue weighted by Gasteiger charge is -2.16. The van der Waals surface area contributed by atoms with Crippen molar-refractivity contribution in [2.45, 2.75) is 44.4 Å². The van der Waals surface area contributed by atoms with Crippen molar-refractivity contribution in [1.29, 1.82) is 0 Å². The quantitative estimate of drug-likeness (QED) is 0.787. The molecule has 0 atom stereocenters. The highest BCUT2D eigenvalue weighted by Gasteiger charge is 2.42. The number of aryl methyl sites for hydroxylation is 1. The number of nitrogens with one attached hydrogen (secondary N) is 1. The van der Waals surface area contributed by atoms with E-state index in [2.05, 4.69) is 11.6 Å². The second-order valence-corrected chi connectivity index (χ2v) is 7.33. The van der Waals surface area contributed by atoms with Gasteiger partial charge in [0.25, 0.3) is 0 Å². The molecule has 4 nitrogen and oxygen atoms in total. The zero-order valence-electron chi connectivity index (χ0n) is 11.6. The Kier molecular flexibility index (Phi) is 3.87. The third-order valence-electron chi connectivity index (χ3n) is 3.88. The second kappa shape index (κ2) is 5.13. The molecule has 0 saturated heterocycles. The molecule has 5 heteroatoms. The number of nitrogen functional groups attached to an aromatic ring is 1. The maximum atomic E-state index is 12.3. The number of hydrogen-bond acceptors (Lipinski definition) is 3. The smallest absolute Gasteiger partial charge is 0.240 e. The summed E-state index contributed by atoms with van der Waals surface area (Å²) in [7, 11) is -3.45. The van der Waals surface area contributed by atoms with Gasteiger partial charge in [0.15, 0.2) is 0 Å². The van der Waals surface area contributed by atoms with Gasteiger partial charge in [0.2, 0.25) is 10.0 Å². The molecule has 1 aromatic carbocycles. The van der Waals surface area contributed by atoms with Gasteiger partial charge in [-0.15, -0.1) is 0 Å². The first-order chi connectivity index (χ1) is 8.88. The molecule has 1 aromatic rings. The Hall–Kier alpha value is -1.07. The number of hydrogen-bond donors (Lipinski definition) is 2. The first kappa shape index (κ1) is 14.3. The average Bonchev–Trinajstić information content (AvgIpc) is 3.11. The summed E-state index contributed by atoms with van der Waals surface area (Å²) in [5.41, 5.74) is 7.08. The maximum Gasteiger partial charge on any atom is 0.240 e. The number of benzene rings is 1. The van der Waals surface area contributed by atoms with E-state index in [-0.39, 0.29) is 5.41 Å². The van der Waals surface area contributed by atoms with Crippen LogP contribution in [-0.4, -0.2) is 15.0 Å². The molecule has 0 aromatic heterocycles. The monoisotopic (exact) mass is 282 g/mol. The van der Waals surface area contributed by atoms with Gasteiger partial charge < -0.3 is 5.73 Å². The van der Waals surface area contributed by atoms with E-state index in [1.54, 1.807) is 19.1 Å². The predicted octanol–water partition coefficient (Wildman–Crippen LogP) is 2.44. The number of anilines is 1. The van der Waals surface area contributed by atoms with Crippen molar-refractivity contribution in [3.05, 3.63) is 23.8 Å². The Morgan fingerprint density at radius 2 is 2.05 bits per heavy atom. The third-order valence-corrected chi connectivity index (χ3v) is 5.42. The van der Waals surface area contributed by atoms with Crippen molar-refractivity contribution in [2.75, 3.05) is 12.3 Å². The molecule has 0 heterocycles. The molecule has 19 heavy (non-hydrogen) atoms. The lowest BCUT2D eigenvalue weighted by molar-refractivity contribution is 0.449. The van der Waals surface area contributed by atoms with Crippen LogP contribution in [0.1, 0.15) is 38.2 Å². The summed E-state index contributed by atoms with van der Waals surface area (Å²) in [5.74, 6) is 0. The van der Waals surface area contributed by atoms with Crippen molar-refractivity contribution in [1.82, 2.24) is 4.72 Å². The molecule has 0 spiro atoms. The third kappa shape index (κ3) is 3.28. The summed E-state index contributed by atoms with van der Waals surface area (Å²) in [5, 5.41) is 0. The van der Waals surface area contributed by atoms with Crippen LogP contribution in [0.15, 0.2) is 23.1 Å². The van der Waals surface area contributed by atoms with E-state index in [1.807, 2.05) is 0 Å². The molecule has 1 aliphatic rings. The maximum absolute atomic E-state index is 12.3. The molecule has 0 unspecified atom stereocenters. The molecular weight excluding hydrogens is 260 g/mol. The van der Waals surface area contributed by atoms with Gasteiger partial charge in [0, 0.05) is 12.2 Å². The van der Waals surface area contributed by atoms with E-state index >= 15 is 0 Å². The van der Waals surface area contributed by atoms with Gasteiger partial charge in [-0.1, -0.05) is 19.4 Å². The average molecular weight is 282 g/mol. The zero-order chi connectivity index (χ0) is 14.1. The molecular formula is C14H22N2O2S. The molecule has 1 aliphatic carbocycles. The first-order valence-electron chi connectivity index (χ1n) is 6.74. The van der Waals surface area contributed by atoms with Gasteiger partial charge in [-0.3, -0.25) is 0 Å². The fourth-order valence-electron chi connectivity index (χ4n) is 2.45. The summed E-state index contributed by atoms with van der Waals surface area (Å²) >= 11 is 0. The van der Waals surface area contributed by atoms with Crippen LogP contribution >= 0.6 is 0 Å². The van der Waals surface area contributed by atoms with E-state index < -0.39 is 10.0 Å². The molecule has 0 radical (unpaired) electrons. The van der Waals surface area contributed by atoms with Crippen molar-refractivity contribution >= 4 is 15.7 Å². The highest BCUT2D eigenvalue weighted by molar-refractivity contribution is 7.89. The summed E-state index contributed by atoms with van der Waals surface area (Å²) in [6, 6.07) is 4.98. The van der Waals surface area contributed by atoms with Gasteiger partial charge in [0.1, 0.15) is 0 Å². The van der Waals surface area contributed by atoms with Gasteiger partial charge in [-0.05, 0) is 49.3 Å². The minimum atomic E-state index is -3.45. The first-order valence-corrected chi connectivity index (χ1v) is 8.23. The highest BCUT2D eigenvalue weighted by Crippen LogP contribution is 2.49. The summed E-state index contributed by atoms with van der Waals surface area (Å²) in [4.78, 5) is 0.291. The molecule has 0 amide bonds. The second-order valence-electron chi connectivity index (χ2n) is 5.60. The highest BCUT2D eigenvalue weighted by atomic mass is 32.2. The predicted molar refractivity (Wildman–Crippen MR) is 77.4 cm³/mol. The van der Waals surface area contributed by atoms with E-state index in [4.69, 9.17) is 5.73 Å². The van der Waals surface area contributed by atoms with E-state index in [0.29, 0.717) is 17.1 Å². The number of sulfonamides is 1. The normalized spacial score (nSPS) is 17.4. The van der Waals surface area contributed by atoms with E-state index in [9.17, 15) is 8.42 Å². The minimum absolute atomic E-state index is 0.204. The van der Waals surface area contributed by atoms with Gasteiger partial charge in [-0.2, -0.15) is 0 Å². The fourth-order valence-corrected chi connectivity index (χ4v) is 3.89. The number of rotatable bonds is 6. The summed E-state index contributed by atoms with van der Waals surface area (Å²) < 4.78 is 27.4. The van der Waals surface area contributed by atoms with E-state index in [0.717, 1.165) is 31.2 Å². The van der Waals surface area contributed by atoms with Crippen molar-refractivity contribution in [3.8, 4) is 0 Å². The Morgan fingerprint density at radius 3 is 2.63 bits per heavy atom. The van der Waals surface area contributed by atoms with Gasteiger partial charge in [-0.25, -0.2) is 13.1 Å². The van der Waals surface area contributed by atoms with Crippen LogP contribution in [0.3, 0.4) is 0 Å². The van der Waals surface area contributed by atoms with Crippen LogP contribution in [0, 0.1) is 12.3 Å². The van der Waals surface area contributed by atoms with Crippen LogP contribution < -0.4 is 10.5 Å². The van der Waals surface area contributed by atoms with Crippen LogP contribution in [0.25, 0.3) is 0 Å². The Balaban J connectivity index is 2.12. The van der Waals surface area contributed by atoms with Crippen LogP contribution in [0.2, 0.25) is 0 Å². The van der Waals surface area contributed by atoms with Crippen LogP contribution in [0.5, 0.6) is 0 Å².